The lowest BCUT2D eigenvalue weighted by Gasteiger charge is -2.21. The van der Waals surface area contributed by atoms with E-state index in [1.54, 1.807) is 19.5 Å². The number of carbonyl (C=O) groups excluding carboxylic acids is 1. The van der Waals surface area contributed by atoms with E-state index >= 15 is 0 Å². The highest BCUT2D eigenvalue weighted by Gasteiger charge is 2.35. The summed E-state index contributed by atoms with van der Waals surface area (Å²) >= 11 is 0. The SMILES string of the molecule is COc1ccc(C2NNC(C)C2CC(=O)NCCc2ccncc2)cc1. The van der Waals surface area contributed by atoms with Gasteiger partial charge in [0, 0.05) is 37.3 Å². The smallest absolute Gasteiger partial charge is 0.220 e. The molecule has 0 spiro atoms. The number of amides is 1. The maximum Gasteiger partial charge on any atom is 0.220 e. The number of hydrazine groups is 1. The Labute approximate surface area is 154 Å². The number of pyridine rings is 1. The Balaban J connectivity index is 1.54. The highest BCUT2D eigenvalue weighted by atomic mass is 16.5. The Morgan fingerprint density at radius 2 is 1.88 bits per heavy atom. The second-order valence-corrected chi connectivity index (χ2v) is 6.65. The highest BCUT2D eigenvalue weighted by molar-refractivity contribution is 5.76. The molecule has 6 nitrogen and oxygen atoms in total. The molecule has 26 heavy (non-hydrogen) atoms. The molecule has 138 valence electrons. The van der Waals surface area contributed by atoms with Gasteiger partial charge in [-0.1, -0.05) is 12.1 Å². The standard InChI is InChI=1S/C20H26N4O2/c1-14-18(13-19(25)22-12-9-15-7-10-21-11-8-15)20(24-23-14)16-3-5-17(26-2)6-4-16/h3-8,10-11,14,18,20,23-24H,9,12-13H2,1-2H3,(H,22,25). The van der Waals surface area contributed by atoms with Gasteiger partial charge in [-0.3, -0.25) is 15.2 Å². The zero-order valence-corrected chi connectivity index (χ0v) is 15.2. The van der Waals surface area contributed by atoms with Crippen LogP contribution in [0, 0.1) is 5.92 Å². The summed E-state index contributed by atoms with van der Waals surface area (Å²) in [6.45, 7) is 2.74. The van der Waals surface area contributed by atoms with Crippen LogP contribution in [-0.4, -0.2) is 30.6 Å². The molecule has 0 bridgehead atoms. The summed E-state index contributed by atoms with van der Waals surface area (Å²) < 4.78 is 5.22. The van der Waals surface area contributed by atoms with Crippen molar-refractivity contribution in [1.29, 1.82) is 0 Å². The van der Waals surface area contributed by atoms with Gasteiger partial charge in [0.15, 0.2) is 0 Å². The third-order valence-electron chi connectivity index (χ3n) is 4.92. The van der Waals surface area contributed by atoms with Gasteiger partial charge < -0.3 is 10.1 Å². The van der Waals surface area contributed by atoms with E-state index in [-0.39, 0.29) is 23.9 Å². The molecular weight excluding hydrogens is 328 g/mol. The summed E-state index contributed by atoms with van der Waals surface area (Å²) in [5.74, 6) is 1.10. The molecule has 1 saturated heterocycles. The summed E-state index contributed by atoms with van der Waals surface area (Å²) in [6.07, 6.45) is 4.84. The second-order valence-electron chi connectivity index (χ2n) is 6.65. The number of rotatable bonds is 7. The topological polar surface area (TPSA) is 75.3 Å². The van der Waals surface area contributed by atoms with Crippen LogP contribution in [0.3, 0.4) is 0 Å². The van der Waals surface area contributed by atoms with Crippen molar-refractivity contribution in [1.82, 2.24) is 21.2 Å². The van der Waals surface area contributed by atoms with Crippen molar-refractivity contribution in [3.8, 4) is 5.75 Å². The quantitative estimate of drug-likeness (QED) is 0.709. The summed E-state index contributed by atoms with van der Waals surface area (Å²) in [4.78, 5) is 16.4. The Morgan fingerprint density at radius 3 is 2.58 bits per heavy atom. The fourth-order valence-corrected chi connectivity index (χ4v) is 3.34. The fraction of sp³-hybridized carbons (Fsp3) is 0.400. The van der Waals surface area contributed by atoms with Crippen LogP contribution in [0.2, 0.25) is 0 Å². The van der Waals surface area contributed by atoms with E-state index in [1.807, 2.05) is 36.4 Å². The lowest BCUT2D eigenvalue weighted by Crippen LogP contribution is -2.32. The van der Waals surface area contributed by atoms with Gasteiger partial charge in [-0.2, -0.15) is 0 Å². The largest absolute Gasteiger partial charge is 0.497 e. The van der Waals surface area contributed by atoms with Gasteiger partial charge in [0.25, 0.3) is 0 Å². The van der Waals surface area contributed by atoms with Crippen LogP contribution in [0.1, 0.15) is 30.5 Å². The molecule has 1 amide bonds. The average Bonchev–Trinajstić information content (AvgIpc) is 3.03. The zero-order chi connectivity index (χ0) is 18.4. The number of nitrogens with zero attached hydrogens (tertiary/aromatic N) is 1. The first-order chi connectivity index (χ1) is 12.7. The number of hydrogen-bond donors (Lipinski definition) is 3. The summed E-state index contributed by atoms with van der Waals surface area (Å²) in [5.41, 5.74) is 8.91. The van der Waals surface area contributed by atoms with Crippen molar-refractivity contribution in [3.63, 3.8) is 0 Å². The van der Waals surface area contributed by atoms with E-state index in [1.165, 1.54) is 5.56 Å². The number of ether oxygens (including phenoxy) is 1. The van der Waals surface area contributed by atoms with Crippen LogP contribution in [0.25, 0.3) is 0 Å². The summed E-state index contributed by atoms with van der Waals surface area (Å²) in [7, 11) is 1.66. The Bertz CT molecular complexity index is 706. The minimum atomic E-state index is 0.0833. The van der Waals surface area contributed by atoms with Gasteiger partial charge >= 0.3 is 0 Å². The first kappa shape index (κ1) is 18.4. The fourth-order valence-electron chi connectivity index (χ4n) is 3.34. The van der Waals surface area contributed by atoms with Crippen molar-refractivity contribution in [2.75, 3.05) is 13.7 Å². The number of aromatic nitrogens is 1. The monoisotopic (exact) mass is 354 g/mol. The third kappa shape index (κ3) is 4.59. The van der Waals surface area contributed by atoms with Crippen molar-refractivity contribution >= 4 is 5.91 Å². The molecular formula is C20H26N4O2. The maximum absolute atomic E-state index is 12.4. The molecule has 0 radical (unpaired) electrons. The van der Waals surface area contributed by atoms with Gasteiger partial charge in [0.05, 0.1) is 13.2 Å². The van der Waals surface area contributed by atoms with E-state index in [4.69, 9.17) is 4.74 Å². The van der Waals surface area contributed by atoms with Crippen molar-refractivity contribution in [2.45, 2.75) is 31.8 Å². The minimum absolute atomic E-state index is 0.0833. The van der Waals surface area contributed by atoms with Gasteiger partial charge in [0.2, 0.25) is 5.91 Å². The third-order valence-corrected chi connectivity index (χ3v) is 4.92. The number of nitrogens with one attached hydrogen (secondary N) is 3. The van der Waals surface area contributed by atoms with E-state index in [2.05, 4.69) is 28.1 Å². The molecule has 1 fully saturated rings. The first-order valence-electron chi connectivity index (χ1n) is 8.98. The van der Waals surface area contributed by atoms with Crippen LogP contribution in [0.5, 0.6) is 5.75 Å². The predicted octanol–water partition coefficient (Wildman–Crippen LogP) is 1.99. The van der Waals surface area contributed by atoms with Gasteiger partial charge in [-0.05, 0) is 48.7 Å². The highest BCUT2D eigenvalue weighted by Crippen LogP contribution is 2.32. The molecule has 1 aromatic carbocycles. The molecule has 1 aromatic heterocycles. The molecule has 1 aliphatic rings. The molecule has 3 rings (SSSR count). The lowest BCUT2D eigenvalue weighted by atomic mass is 9.87. The molecule has 6 heteroatoms. The average molecular weight is 354 g/mol. The van der Waals surface area contributed by atoms with Crippen LogP contribution >= 0.6 is 0 Å². The summed E-state index contributed by atoms with van der Waals surface area (Å²) in [5, 5.41) is 3.03. The second kappa shape index (κ2) is 8.78. The molecule has 3 unspecified atom stereocenters. The first-order valence-corrected chi connectivity index (χ1v) is 8.98. The molecule has 0 saturated carbocycles. The number of carbonyl (C=O) groups is 1. The van der Waals surface area contributed by atoms with Crippen LogP contribution in [0.4, 0.5) is 0 Å². The van der Waals surface area contributed by atoms with E-state index in [0.717, 1.165) is 17.7 Å². The number of hydrogen-bond acceptors (Lipinski definition) is 5. The van der Waals surface area contributed by atoms with Gasteiger partial charge in [0.1, 0.15) is 5.75 Å². The van der Waals surface area contributed by atoms with Gasteiger partial charge in [-0.25, -0.2) is 5.43 Å². The summed E-state index contributed by atoms with van der Waals surface area (Å²) in [6, 6.07) is 12.2. The van der Waals surface area contributed by atoms with Crippen LogP contribution in [-0.2, 0) is 11.2 Å². The van der Waals surface area contributed by atoms with Gasteiger partial charge in [-0.15, -0.1) is 0 Å². The molecule has 3 atom stereocenters. The normalized spacial score (nSPS) is 22.2. The van der Waals surface area contributed by atoms with Crippen LogP contribution < -0.4 is 20.9 Å². The minimum Gasteiger partial charge on any atom is -0.497 e. The van der Waals surface area contributed by atoms with Crippen LogP contribution in [0.15, 0.2) is 48.8 Å². The Hall–Kier alpha value is -2.44. The van der Waals surface area contributed by atoms with Crippen molar-refractivity contribution in [3.05, 3.63) is 59.9 Å². The lowest BCUT2D eigenvalue weighted by molar-refractivity contribution is -0.122. The number of benzene rings is 1. The molecule has 0 aliphatic carbocycles. The maximum atomic E-state index is 12.4. The number of methoxy groups -OCH3 is 1. The Morgan fingerprint density at radius 1 is 1.15 bits per heavy atom. The van der Waals surface area contributed by atoms with Crippen molar-refractivity contribution < 1.29 is 9.53 Å². The molecule has 2 aromatic rings. The molecule has 2 heterocycles. The van der Waals surface area contributed by atoms with E-state index < -0.39 is 0 Å². The van der Waals surface area contributed by atoms with E-state index in [0.29, 0.717) is 13.0 Å². The van der Waals surface area contributed by atoms with Crippen molar-refractivity contribution in [2.24, 2.45) is 5.92 Å². The predicted molar refractivity (Wildman–Crippen MR) is 101 cm³/mol. The Kier molecular flexibility index (Phi) is 6.20. The molecule has 3 N–H and O–H groups in total. The zero-order valence-electron chi connectivity index (χ0n) is 15.2. The van der Waals surface area contributed by atoms with E-state index in [9.17, 15) is 4.79 Å². The molecule has 1 aliphatic heterocycles.